The summed E-state index contributed by atoms with van der Waals surface area (Å²) >= 11 is 0. The average Bonchev–Trinajstić information content (AvgIpc) is 3.30. The van der Waals surface area contributed by atoms with Crippen LogP contribution in [0.25, 0.3) is 0 Å². The van der Waals surface area contributed by atoms with Crippen LogP contribution in [-0.2, 0) is 21.4 Å². The third-order valence-corrected chi connectivity index (χ3v) is 7.85. The Bertz CT molecular complexity index is 1030. The van der Waals surface area contributed by atoms with Crippen molar-refractivity contribution in [3.63, 3.8) is 0 Å². The Kier molecular flexibility index (Phi) is 6.29. The predicted octanol–water partition coefficient (Wildman–Crippen LogP) is 1.79. The number of imidazole rings is 1. The first kappa shape index (κ1) is 21.8. The van der Waals surface area contributed by atoms with E-state index in [1.165, 1.54) is 22.9 Å². The molecule has 0 radical (unpaired) electrons. The number of para-hydroxylation sites is 1. The number of piperidine rings is 1. The molecule has 0 aliphatic carbocycles. The molecule has 8 nitrogen and oxygen atoms in total. The van der Waals surface area contributed by atoms with Gasteiger partial charge in [0.15, 0.2) is 5.03 Å². The van der Waals surface area contributed by atoms with Crippen LogP contribution in [0.15, 0.2) is 41.8 Å². The molecule has 1 aromatic carbocycles. The molecule has 10 heteroatoms. The van der Waals surface area contributed by atoms with E-state index in [-0.39, 0.29) is 29.2 Å². The van der Waals surface area contributed by atoms with Crippen LogP contribution in [0.3, 0.4) is 0 Å². The van der Waals surface area contributed by atoms with Crippen molar-refractivity contribution in [1.29, 1.82) is 0 Å². The molecule has 1 atom stereocenters. The normalized spacial score (nSPS) is 20.8. The van der Waals surface area contributed by atoms with Crippen LogP contribution in [0.5, 0.6) is 0 Å². The molecule has 2 saturated heterocycles. The summed E-state index contributed by atoms with van der Waals surface area (Å²) in [4.78, 5) is 20.9. The van der Waals surface area contributed by atoms with Gasteiger partial charge in [0.25, 0.3) is 10.0 Å². The molecule has 3 heterocycles. The van der Waals surface area contributed by atoms with E-state index in [2.05, 4.69) is 4.98 Å². The minimum Gasteiger partial charge on any atom is -0.366 e. The van der Waals surface area contributed by atoms with Gasteiger partial charge in [0.1, 0.15) is 5.82 Å². The minimum absolute atomic E-state index is 0.0211. The summed E-state index contributed by atoms with van der Waals surface area (Å²) in [5, 5.41) is 0.0287. The molecule has 168 valence electrons. The van der Waals surface area contributed by atoms with Gasteiger partial charge in [-0.2, -0.15) is 4.31 Å². The number of amides is 1. The van der Waals surface area contributed by atoms with Crippen LogP contribution in [0.1, 0.15) is 19.8 Å². The summed E-state index contributed by atoms with van der Waals surface area (Å²) in [5.74, 6) is -0.648. The maximum absolute atomic E-state index is 14.0. The summed E-state index contributed by atoms with van der Waals surface area (Å²) < 4.78 is 43.1. The lowest BCUT2D eigenvalue weighted by Gasteiger charge is -2.39. The molecule has 2 aromatic rings. The van der Waals surface area contributed by atoms with E-state index in [4.69, 9.17) is 0 Å². The Hall–Kier alpha value is -2.46. The van der Waals surface area contributed by atoms with Gasteiger partial charge in [0, 0.05) is 52.0 Å². The summed E-state index contributed by atoms with van der Waals surface area (Å²) in [6.07, 6.45) is 4.35. The first-order valence-corrected chi connectivity index (χ1v) is 12.1. The van der Waals surface area contributed by atoms with Gasteiger partial charge in [-0.1, -0.05) is 12.1 Å². The van der Waals surface area contributed by atoms with Crippen molar-refractivity contribution in [2.45, 2.75) is 31.3 Å². The molecule has 0 saturated carbocycles. The highest BCUT2D eigenvalue weighted by molar-refractivity contribution is 7.89. The zero-order chi connectivity index (χ0) is 22.0. The van der Waals surface area contributed by atoms with Crippen molar-refractivity contribution in [1.82, 2.24) is 18.8 Å². The lowest BCUT2D eigenvalue weighted by atomic mass is 9.97. The number of piperazine rings is 1. The quantitative estimate of drug-likeness (QED) is 0.696. The van der Waals surface area contributed by atoms with Crippen LogP contribution in [0.4, 0.5) is 10.1 Å². The Balaban J connectivity index is 1.39. The number of sulfonamides is 1. The molecular weight excluding hydrogens is 421 g/mol. The third kappa shape index (κ3) is 4.45. The van der Waals surface area contributed by atoms with Crippen molar-refractivity contribution in [2.75, 3.05) is 44.2 Å². The Morgan fingerprint density at radius 1 is 1.16 bits per heavy atom. The number of aromatic nitrogens is 2. The molecule has 0 bridgehead atoms. The number of carbonyl (C=O) groups excluding carboxylic acids is 1. The minimum atomic E-state index is -3.72. The number of nitrogens with zero attached hydrogens (tertiary/aromatic N) is 5. The van der Waals surface area contributed by atoms with Gasteiger partial charge in [-0.25, -0.2) is 17.8 Å². The van der Waals surface area contributed by atoms with Crippen LogP contribution >= 0.6 is 0 Å². The highest BCUT2D eigenvalue weighted by Gasteiger charge is 2.36. The molecule has 31 heavy (non-hydrogen) atoms. The van der Waals surface area contributed by atoms with Crippen LogP contribution < -0.4 is 4.90 Å². The van der Waals surface area contributed by atoms with Gasteiger partial charge in [-0.05, 0) is 31.9 Å². The average molecular weight is 450 g/mol. The van der Waals surface area contributed by atoms with Crippen molar-refractivity contribution in [3.05, 3.63) is 42.6 Å². The van der Waals surface area contributed by atoms with Crippen molar-refractivity contribution in [2.24, 2.45) is 5.92 Å². The second-order valence-corrected chi connectivity index (χ2v) is 9.89. The maximum Gasteiger partial charge on any atom is 0.262 e. The van der Waals surface area contributed by atoms with Gasteiger partial charge in [0.2, 0.25) is 5.91 Å². The first-order chi connectivity index (χ1) is 14.9. The van der Waals surface area contributed by atoms with Crippen molar-refractivity contribution < 1.29 is 17.6 Å². The topological polar surface area (TPSA) is 78.8 Å². The number of benzene rings is 1. The lowest BCUT2D eigenvalue weighted by molar-refractivity contribution is -0.137. The van der Waals surface area contributed by atoms with E-state index in [0.717, 1.165) is 0 Å². The van der Waals surface area contributed by atoms with Crippen LogP contribution in [0, 0.1) is 11.7 Å². The summed E-state index contributed by atoms with van der Waals surface area (Å²) in [5.41, 5.74) is 0.552. The van der Waals surface area contributed by atoms with Gasteiger partial charge < -0.3 is 14.4 Å². The fourth-order valence-electron chi connectivity index (χ4n) is 4.27. The number of aryl methyl sites for hydroxylation is 1. The molecular formula is C21H28FN5O3S. The monoisotopic (exact) mass is 449 g/mol. The van der Waals surface area contributed by atoms with Gasteiger partial charge in [-0.3, -0.25) is 4.79 Å². The zero-order valence-corrected chi connectivity index (χ0v) is 18.5. The van der Waals surface area contributed by atoms with E-state index in [1.807, 2.05) is 11.8 Å². The number of anilines is 1. The number of carbonyl (C=O) groups is 1. The van der Waals surface area contributed by atoms with Crippen molar-refractivity contribution >= 4 is 21.6 Å². The van der Waals surface area contributed by atoms with Gasteiger partial charge >= 0.3 is 0 Å². The molecule has 0 spiro atoms. The summed E-state index contributed by atoms with van der Waals surface area (Å²) in [7, 11) is -3.72. The number of hydrogen-bond acceptors (Lipinski definition) is 5. The number of hydrogen-bond donors (Lipinski definition) is 0. The SMILES string of the molecule is CCn1cnc(S(=O)(=O)N2CCC[C@@H](C(=O)N3CCN(c4ccccc4F)CC3)C2)c1. The van der Waals surface area contributed by atoms with Gasteiger partial charge in [0.05, 0.1) is 17.9 Å². The highest BCUT2D eigenvalue weighted by atomic mass is 32.2. The summed E-state index contributed by atoms with van der Waals surface area (Å²) in [6, 6.07) is 6.65. The smallest absolute Gasteiger partial charge is 0.262 e. The highest BCUT2D eigenvalue weighted by Crippen LogP contribution is 2.26. The number of halogens is 1. The van der Waals surface area contributed by atoms with E-state index in [9.17, 15) is 17.6 Å². The van der Waals surface area contributed by atoms with Crippen molar-refractivity contribution in [3.8, 4) is 0 Å². The zero-order valence-electron chi connectivity index (χ0n) is 17.7. The second-order valence-electron chi connectivity index (χ2n) is 8.01. The van der Waals surface area contributed by atoms with E-state index >= 15 is 0 Å². The largest absolute Gasteiger partial charge is 0.366 e. The fourth-order valence-corrected chi connectivity index (χ4v) is 5.73. The molecule has 2 fully saturated rings. The standard InChI is InChI=1S/C21H28FN5O3S/c1-2-24-15-20(23-16-24)31(29,30)27-9-5-6-17(14-27)21(28)26-12-10-25(11-13-26)19-8-4-3-7-18(19)22/h3-4,7-8,15-17H,2,5-6,9-14H2,1H3/t17-/m1/s1. The first-order valence-electron chi connectivity index (χ1n) is 10.7. The van der Waals surface area contributed by atoms with Crippen LogP contribution in [-0.4, -0.2) is 72.3 Å². The maximum atomic E-state index is 14.0. The summed E-state index contributed by atoms with van der Waals surface area (Å²) in [6.45, 7) is 5.22. The van der Waals surface area contributed by atoms with E-state index < -0.39 is 10.0 Å². The predicted molar refractivity (Wildman–Crippen MR) is 115 cm³/mol. The lowest BCUT2D eigenvalue weighted by Crippen LogP contribution is -2.53. The van der Waals surface area contributed by atoms with Gasteiger partial charge in [-0.15, -0.1) is 0 Å². The second kappa shape index (κ2) is 8.96. The molecule has 2 aliphatic heterocycles. The molecule has 2 aliphatic rings. The van der Waals surface area contributed by atoms with Crippen LogP contribution in [0.2, 0.25) is 0 Å². The molecule has 1 aromatic heterocycles. The van der Waals surface area contributed by atoms with E-state index in [0.29, 0.717) is 57.8 Å². The Morgan fingerprint density at radius 3 is 2.58 bits per heavy atom. The Labute approximate surface area is 182 Å². The molecule has 0 unspecified atom stereocenters. The number of rotatable bonds is 5. The molecule has 4 rings (SSSR count). The third-order valence-electron chi connectivity index (χ3n) is 6.10. The van der Waals surface area contributed by atoms with E-state index in [1.54, 1.807) is 27.7 Å². The fraction of sp³-hybridized carbons (Fsp3) is 0.524. The Morgan fingerprint density at radius 2 is 1.90 bits per heavy atom. The molecule has 1 amide bonds. The molecule has 0 N–H and O–H groups in total.